The molecule has 1 aromatic carbocycles. The van der Waals surface area contributed by atoms with E-state index in [1.807, 2.05) is 30.3 Å². The molecule has 150 valence electrons. The van der Waals surface area contributed by atoms with Gasteiger partial charge in [-0.1, -0.05) is 63.4 Å². The van der Waals surface area contributed by atoms with Crippen LogP contribution in [0.15, 0.2) is 30.3 Å². The van der Waals surface area contributed by atoms with Gasteiger partial charge in [0.2, 0.25) is 11.8 Å². The molecule has 1 rings (SSSR count). The third-order valence-corrected chi connectivity index (χ3v) is 4.39. The van der Waals surface area contributed by atoms with Crippen LogP contribution in [0.2, 0.25) is 0 Å². The number of carbonyl (C=O) groups is 3. The Morgan fingerprint density at radius 1 is 1.00 bits per heavy atom. The Bertz CT molecular complexity index is 592. The minimum atomic E-state index is -1.01. The molecule has 0 bridgehead atoms. The molecule has 7 nitrogen and oxygen atoms in total. The average Bonchev–Trinajstić information content (AvgIpc) is 2.66. The van der Waals surface area contributed by atoms with E-state index >= 15 is 0 Å². The smallest absolute Gasteiger partial charge is 0.315 e. The lowest BCUT2D eigenvalue weighted by molar-refractivity contribution is -0.130. The first-order valence-corrected chi connectivity index (χ1v) is 9.61. The molecule has 2 atom stereocenters. The number of benzene rings is 1. The molecule has 0 radical (unpaired) electrons. The number of nitrogens with one attached hydrogen (secondary N) is 3. The first-order valence-electron chi connectivity index (χ1n) is 9.61. The molecule has 0 aliphatic carbocycles. The van der Waals surface area contributed by atoms with Crippen molar-refractivity contribution >= 4 is 17.8 Å². The van der Waals surface area contributed by atoms with E-state index in [1.54, 1.807) is 0 Å². The van der Waals surface area contributed by atoms with Gasteiger partial charge in [-0.25, -0.2) is 4.79 Å². The normalized spacial score (nSPS) is 12.7. The zero-order valence-electron chi connectivity index (χ0n) is 16.3. The summed E-state index contributed by atoms with van der Waals surface area (Å²) in [6.45, 7) is 4.59. The van der Waals surface area contributed by atoms with Crippen molar-refractivity contribution in [3.8, 4) is 0 Å². The van der Waals surface area contributed by atoms with Gasteiger partial charge in [-0.05, 0) is 18.4 Å². The Kier molecular flexibility index (Phi) is 10.6. The maximum atomic E-state index is 12.5. The van der Waals surface area contributed by atoms with Crippen LogP contribution >= 0.6 is 0 Å². The molecule has 0 spiro atoms. The van der Waals surface area contributed by atoms with Crippen LogP contribution in [0.5, 0.6) is 0 Å². The van der Waals surface area contributed by atoms with Crippen molar-refractivity contribution in [2.75, 3.05) is 13.1 Å². The fraction of sp³-hybridized carbons (Fsp3) is 0.550. The summed E-state index contributed by atoms with van der Waals surface area (Å²) in [6, 6.07) is 8.26. The number of primary amides is 1. The molecule has 0 aliphatic rings. The van der Waals surface area contributed by atoms with Crippen molar-refractivity contribution in [3.63, 3.8) is 0 Å². The summed E-state index contributed by atoms with van der Waals surface area (Å²) in [7, 11) is 0. The predicted molar refractivity (Wildman–Crippen MR) is 106 cm³/mol. The average molecular weight is 377 g/mol. The summed E-state index contributed by atoms with van der Waals surface area (Å²) < 4.78 is 0. The standard InChI is InChI=1S/C20H32N4O3/c1-3-4-5-9-13-23-20(27)24-17(15(2)18(21)25)19(26)22-14-12-16-10-7-6-8-11-16/h6-8,10-11,15,17H,3-5,9,12-14H2,1-2H3,(H2,21,25)(H,22,26)(H2,23,24,27)/t15?,17-/m1/s1. The summed E-state index contributed by atoms with van der Waals surface area (Å²) in [5.41, 5.74) is 6.43. The van der Waals surface area contributed by atoms with Crippen molar-refractivity contribution in [1.29, 1.82) is 0 Å². The van der Waals surface area contributed by atoms with Crippen LogP contribution < -0.4 is 21.7 Å². The topological polar surface area (TPSA) is 113 Å². The highest BCUT2D eigenvalue weighted by atomic mass is 16.2. The Balaban J connectivity index is 2.50. The van der Waals surface area contributed by atoms with Gasteiger partial charge >= 0.3 is 6.03 Å². The Morgan fingerprint density at radius 2 is 1.70 bits per heavy atom. The van der Waals surface area contributed by atoms with E-state index < -0.39 is 29.8 Å². The molecule has 27 heavy (non-hydrogen) atoms. The van der Waals surface area contributed by atoms with Gasteiger partial charge in [0.15, 0.2) is 0 Å². The lowest BCUT2D eigenvalue weighted by atomic mass is 10.0. The van der Waals surface area contributed by atoms with Gasteiger partial charge < -0.3 is 21.7 Å². The monoisotopic (exact) mass is 376 g/mol. The highest BCUT2D eigenvalue weighted by molar-refractivity contribution is 5.92. The van der Waals surface area contributed by atoms with Crippen LogP contribution in [-0.4, -0.2) is 37.0 Å². The Labute approximate surface area is 161 Å². The number of rotatable bonds is 12. The summed E-state index contributed by atoms with van der Waals surface area (Å²) in [5.74, 6) is -1.87. The van der Waals surface area contributed by atoms with Crippen LogP contribution in [-0.2, 0) is 16.0 Å². The summed E-state index contributed by atoms with van der Waals surface area (Å²) in [4.78, 5) is 36.1. The van der Waals surface area contributed by atoms with Gasteiger partial charge in [-0.15, -0.1) is 0 Å². The van der Waals surface area contributed by atoms with Gasteiger partial charge in [0, 0.05) is 13.1 Å². The Hall–Kier alpha value is -2.57. The van der Waals surface area contributed by atoms with Crippen LogP contribution in [0.1, 0.15) is 45.1 Å². The molecule has 4 amide bonds. The second kappa shape index (κ2) is 12.7. The first kappa shape index (κ1) is 22.5. The maximum absolute atomic E-state index is 12.5. The third kappa shape index (κ3) is 9.08. The van der Waals surface area contributed by atoms with Crippen LogP contribution in [0.4, 0.5) is 4.79 Å². The zero-order chi connectivity index (χ0) is 20.1. The van der Waals surface area contributed by atoms with Crippen LogP contribution in [0.25, 0.3) is 0 Å². The molecule has 0 heterocycles. The first-order chi connectivity index (χ1) is 13.0. The van der Waals surface area contributed by atoms with Gasteiger partial charge in [-0.3, -0.25) is 9.59 Å². The van der Waals surface area contributed by atoms with E-state index in [2.05, 4.69) is 22.9 Å². The lowest BCUT2D eigenvalue weighted by Gasteiger charge is -2.22. The van der Waals surface area contributed by atoms with Gasteiger partial charge in [-0.2, -0.15) is 0 Å². The number of hydrogen-bond donors (Lipinski definition) is 4. The van der Waals surface area contributed by atoms with E-state index in [1.165, 1.54) is 6.92 Å². The molecule has 0 fully saturated rings. The molecular weight excluding hydrogens is 344 g/mol. The Morgan fingerprint density at radius 3 is 2.33 bits per heavy atom. The molecule has 0 aliphatic heterocycles. The van der Waals surface area contributed by atoms with Crippen LogP contribution in [0.3, 0.4) is 0 Å². The zero-order valence-corrected chi connectivity index (χ0v) is 16.3. The van der Waals surface area contributed by atoms with Crippen LogP contribution in [0, 0.1) is 5.92 Å². The van der Waals surface area contributed by atoms with E-state index in [9.17, 15) is 14.4 Å². The second-order valence-corrected chi connectivity index (χ2v) is 6.66. The minimum absolute atomic E-state index is 0.408. The van der Waals surface area contributed by atoms with Crippen molar-refractivity contribution in [2.24, 2.45) is 11.7 Å². The van der Waals surface area contributed by atoms with E-state index in [4.69, 9.17) is 5.73 Å². The number of urea groups is 1. The highest BCUT2D eigenvalue weighted by Gasteiger charge is 2.30. The summed E-state index contributed by atoms with van der Waals surface area (Å²) in [6.07, 6.45) is 4.81. The van der Waals surface area contributed by atoms with Gasteiger partial charge in [0.05, 0.1) is 5.92 Å². The minimum Gasteiger partial charge on any atom is -0.369 e. The molecule has 0 saturated carbocycles. The van der Waals surface area contributed by atoms with Gasteiger partial charge in [0.1, 0.15) is 6.04 Å². The van der Waals surface area contributed by atoms with Crippen molar-refractivity contribution in [1.82, 2.24) is 16.0 Å². The largest absolute Gasteiger partial charge is 0.369 e. The van der Waals surface area contributed by atoms with E-state index in [-0.39, 0.29) is 0 Å². The predicted octanol–water partition coefficient (Wildman–Crippen LogP) is 1.71. The van der Waals surface area contributed by atoms with E-state index in [0.29, 0.717) is 19.5 Å². The lowest BCUT2D eigenvalue weighted by Crippen LogP contribution is -2.55. The summed E-state index contributed by atoms with van der Waals surface area (Å²) in [5, 5.41) is 8.06. The fourth-order valence-corrected chi connectivity index (χ4v) is 2.61. The summed E-state index contributed by atoms with van der Waals surface area (Å²) >= 11 is 0. The number of amides is 4. The number of hydrogen-bond acceptors (Lipinski definition) is 3. The number of unbranched alkanes of at least 4 members (excludes halogenated alkanes) is 3. The molecule has 5 N–H and O–H groups in total. The quantitative estimate of drug-likeness (QED) is 0.416. The molecule has 1 aromatic rings. The number of carbonyl (C=O) groups excluding carboxylic acids is 3. The van der Waals surface area contributed by atoms with Crippen molar-refractivity contribution in [3.05, 3.63) is 35.9 Å². The fourth-order valence-electron chi connectivity index (χ4n) is 2.61. The SMILES string of the molecule is CCCCCCNC(=O)N[C@@H](C(=O)NCCc1ccccc1)C(C)C(N)=O. The molecular formula is C20H32N4O3. The maximum Gasteiger partial charge on any atom is 0.315 e. The van der Waals surface area contributed by atoms with E-state index in [0.717, 1.165) is 31.2 Å². The molecule has 0 aromatic heterocycles. The molecule has 1 unspecified atom stereocenters. The second-order valence-electron chi connectivity index (χ2n) is 6.66. The van der Waals surface area contributed by atoms with Crippen molar-refractivity contribution < 1.29 is 14.4 Å². The highest BCUT2D eigenvalue weighted by Crippen LogP contribution is 2.04. The van der Waals surface area contributed by atoms with Gasteiger partial charge in [0.25, 0.3) is 0 Å². The number of nitrogens with two attached hydrogens (primary N) is 1. The molecule has 7 heteroatoms. The molecule has 0 saturated heterocycles. The third-order valence-electron chi connectivity index (χ3n) is 4.39. The van der Waals surface area contributed by atoms with Crippen molar-refractivity contribution in [2.45, 2.75) is 52.0 Å².